The van der Waals surface area contributed by atoms with Crippen LogP contribution in [0.4, 0.5) is 4.79 Å². The molecule has 1 aliphatic rings. The SMILES string of the molecule is CCOC(=O)c1cc(C(C)(C)C)n(C2CCN(C(=O)CCCNC(=O)OCc3ccccc3)CC2)n1. The third-order valence-electron chi connectivity index (χ3n) is 6.20. The Morgan fingerprint density at radius 1 is 1.08 bits per heavy atom. The zero-order chi connectivity index (χ0) is 26.1. The van der Waals surface area contributed by atoms with Gasteiger partial charge in [0.05, 0.1) is 12.6 Å². The van der Waals surface area contributed by atoms with E-state index in [1.165, 1.54) is 0 Å². The summed E-state index contributed by atoms with van der Waals surface area (Å²) in [4.78, 5) is 38.6. The van der Waals surface area contributed by atoms with Crippen molar-refractivity contribution in [2.24, 2.45) is 0 Å². The van der Waals surface area contributed by atoms with Gasteiger partial charge in [-0.15, -0.1) is 0 Å². The van der Waals surface area contributed by atoms with Crippen molar-refractivity contribution in [3.8, 4) is 0 Å². The third kappa shape index (κ3) is 7.57. The molecule has 1 fully saturated rings. The number of carbonyl (C=O) groups is 3. The summed E-state index contributed by atoms with van der Waals surface area (Å²) in [6, 6.07) is 11.4. The van der Waals surface area contributed by atoms with Crippen LogP contribution < -0.4 is 5.32 Å². The molecule has 2 amide bonds. The summed E-state index contributed by atoms with van der Waals surface area (Å²) < 4.78 is 12.3. The van der Waals surface area contributed by atoms with Crippen molar-refractivity contribution in [2.45, 2.75) is 71.4 Å². The fourth-order valence-corrected chi connectivity index (χ4v) is 4.26. The van der Waals surface area contributed by atoms with Crippen LogP contribution in [-0.2, 0) is 26.3 Å². The molecule has 36 heavy (non-hydrogen) atoms. The summed E-state index contributed by atoms with van der Waals surface area (Å²) in [5, 5.41) is 7.29. The topological polar surface area (TPSA) is 103 Å². The van der Waals surface area contributed by atoms with Gasteiger partial charge in [0.1, 0.15) is 6.61 Å². The minimum atomic E-state index is -0.483. The standard InChI is InChI=1S/C27H38N4O5/c1-5-35-25(33)22-18-23(27(2,3)4)31(29-22)21-13-16-30(17-14-21)24(32)12-9-15-28-26(34)36-19-20-10-7-6-8-11-20/h6-8,10-11,18,21H,5,9,12-17,19H2,1-4H3,(H,28,34). The molecule has 0 spiro atoms. The lowest BCUT2D eigenvalue weighted by atomic mass is 9.91. The fourth-order valence-electron chi connectivity index (χ4n) is 4.26. The molecule has 0 radical (unpaired) electrons. The number of aromatic nitrogens is 2. The van der Waals surface area contributed by atoms with Crippen LogP contribution in [-0.4, -0.2) is 58.9 Å². The van der Waals surface area contributed by atoms with E-state index in [4.69, 9.17) is 9.47 Å². The Morgan fingerprint density at radius 2 is 1.78 bits per heavy atom. The molecule has 1 saturated heterocycles. The predicted molar refractivity (Wildman–Crippen MR) is 136 cm³/mol. The van der Waals surface area contributed by atoms with E-state index in [0.717, 1.165) is 24.1 Å². The van der Waals surface area contributed by atoms with E-state index in [2.05, 4.69) is 31.2 Å². The highest BCUT2D eigenvalue weighted by molar-refractivity contribution is 5.87. The van der Waals surface area contributed by atoms with Gasteiger partial charge in [-0.2, -0.15) is 5.10 Å². The largest absolute Gasteiger partial charge is 0.461 e. The maximum absolute atomic E-state index is 12.7. The molecule has 9 heteroatoms. The molecule has 0 atom stereocenters. The van der Waals surface area contributed by atoms with Crippen LogP contribution >= 0.6 is 0 Å². The Kier molecular flexibility index (Phi) is 9.50. The number of nitrogens with zero attached hydrogens (tertiary/aromatic N) is 3. The van der Waals surface area contributed by atoms with Gasteiger partial charge in [0.15, 0.2) is 5.69 Å². The number of ether oxygens (including phenoxy) is 2. The van der Waals surface area contributed by atoms with Crippen molar-refractivity contribution in [2.75, 3.05) is 26.2 Å². The highest BCUT2D eigenvalue weighted by Crippen LogP contribution is 2.31. The molecule has 3 rings (SSSR count). The molecule has 1 aliphatic heterocycles. The minimum Gasteiger partial charge on any atom is -0.461 e. The Hall–Kier alpha value is -3.36. The average Bonchev–Trinajstić information content (AvgIpc) is 3.33. The number of piperidine rings is 1. The molecule has 2 heterocycles. The van der Waals surface area contributed by atoms with E-state index in [0.29, 0.717) is 44.8 Å². The Bertz CT molecular complexity index is 1020. The molecule has 0 bridgehead atoms. The van der Waals surface area contributed by atoms with Crippen LogP contribution in [0.15, 0.2) is 36.4 Å². The average molecular weight is 499 g/mol. The maximum Gasteiger partial charge on any atom is 0.407 e. The van der Waals surface area contributed by atoms with Gasteiger partial charge in [0.25, 0.3) is 0 Å². The Balaban J connectivity index is 1.43. The molecule has 196 valence electrons. The monoisotopic (exact) mass is 498 g/mol. The summed E-state index contributed by atoms with van der Waals surface area (Å²) in [6.45, 7) is 10.2. The number of hydrogen-bond donors (Lipinski definition) is 1. The maximum atomic E-state index is 12.7. The summed E-state index contributed by atoms with van der Waals surface area (Å²) in [6.07, 6.45) is 1.97. The van der Waals surface area contributed by atoms with Crippen LogP contribution in [0, 0.1) is 0 Å². The summed E-state index contributed by atoms with van der Waals surface area (Å²) >= 11 is 0. The molecule has 2 aromatic rings. The van der Waals surface area contributed by atoms with Gasteiger partial charge < -0.3 is 19.7 Å². The predicted octanol–water partition coefficient (Wildman–Crippen LogP) is 4.23. The van der Waals surface area contributed by atoms with Crippen molar-refractivity contribution in [1.82, 2.24) is 20.0 Å². The minimum absolute atomic E-state index is 0.0802. The first kappa shape index (κ1) is 27.2. The first-order chi connectivity index (χ1) is 17.2. The zero-order valence-corrected chi connectivity index (χ0v) is 21.8. The molecule has 1 aromatic carbocycles. The van der Waals surface area contributed by atoms with Crippen LogP contribution in [0.3, 0.4) is 0 Å². The first-order valence-electron chi connectivity index (χ1n) is 12.7. The van der Waals surface area contributed by atoms with Gasteiger partial charge in [-0.1, -0.05) is 51.1 Å². The molecule has 0 saturated carbocycles. The lowest BCUT2D eigenvalue weighted by Gasteiger charge is -2.34. The van der Waals surface area contributed by atoms with Gasteiger partial charge in [-0.05, 0) is 37.8 Å². The molecule has 1 N–H and O–H groups in total. The van der Waals surface area contributed by atoms with Crippen LogP contribution in [0.5, 0.6) is 0 Å². The zero-order valence-electron chi connectivity index (χ0n) is 21.8. The Morgan fingerprint density at radius 3 is 2.42 bits per heavy atom. The van der Waals surface area contributed by atoms with E-state index in [9.17, 15) is 14.4 Å². The van der Waals surface area contributed by atoms with Gasteiger partial charge >= 0.3 is 12.1 Å². The van der Waals surface area contributed by atoms with Gasteiger partial charge in [-0.25, -0.2) is 9.59 Å². The van der Waals surface area contributed by atoms with E-state index in [1.54, 1.807) is 6.92 Å². The number of hydrogen-bond acceptors (Lipinski definition) is 6. The van der Waals surface area contributed by atoms with Crippen molar-refractivity contribution >= 4 is 18.0 Å². The third-order valence-corrected chi connectivity index (χ3v) is 6.20. The summed E-state index contributed by atoms with van der Waals surface area (Å²) in [7, 11) is 0. The second-order valence-corrected chi connectivity index (χ2v) is 10.0. The second kappa shape index (κ2) is 12.6. The van der Waals surface area contributed by atoms with Crippen molar-refractivity contribution in [1.29, 1.82) is 0 Å². The van der Waals surface area contributed by atoms with Gasteiger partial charge in [0, 0.05) is 37.2 Å². The Labute approximate surface area is 213 Å². The van der Waals surface area contributed by atoms with Crippen molar-refractivity contribution in [3.63, 3.8) is 0 Å². The highest BCUT2D eigenvalue weighted by atomic mass is 16.5. The molecule has 0 aliphatic carbocycles. The first-order valence-corrected chi connectivity index (χ1v) is 12.7. The number of nitrogens with one attached hydrogen (secondary N) is 1. The molecule has 0 unspecified atom stereocenters. The van der Waals surface area contributed by atoms with Gasteiger partial charge in [0.2, 0.25) is 5.91 Å². The van der Waals surface area contributed by atoms with Crippen LogP contribution in [0.25, 0.3) is 0 Å². The number of rotatable bonds is 9. The normalized spacial score (nSPS) is 14.4. The van der Waals surface area contributed by atoms with Crippen molar-refractivity contribution in [3.05, 3.63) is 53.3 Å². The molecular weight excluding hydrogens is 460 g/mol. The number of alkyl carbamates (subject to hydrolysis) is 1. The summed E-state index contributed by atoms with van der Waals surface area (Å²) in [5.41, 5.74) is 2.06. The molecular formula is C27H38N4O5. The number of carbonyl (C=O) groups excluding carboxylic acids is 3. The number of amides is 2. The van der Waals surface area contributed by atoms with Crippen LogP contribution in [0.1, 0.15) is 81.2 Å². The van der Waals surface area contributed by atoms with E-state index < -0.39 is 12.1 Å². The molecule has 9 nitrogen and oxygen atoms in total. The lowest BCUT2D eigenvalue weighted by molar-refractivity contribution is -0.132. The van der Waals surface area contributed by atoms with Gasteiger partial charge in [-0.3, -0.25) is 9.48 Å². The molecule has 1 aromatic heterocycles. The summed E-state index contributed by atoms with van der Waals surface area (Å²) in [5.74, 6) is -0.330. The fraction of sp³-hybridized carbons (Fsp3) is 0.556. The lowest BCUT2D eigenvalue weighted by Crippen LogP contribution is -2.40. The number of likely N-dealkylation sites (tertiary alicyclic amines) is 1. The van der Waals surface area contributed by atoms with Crippen LogP contribution in [0.2, 0.25) is 0 Å². The van der Waals surface area contributed by atoms with E-state index in [1.807, 2.05) is 46.0 Å². The number of benzene rings is 1. The van der Waals surface area contributed by atoms with E-state index >= 15 is 0 Å². The van der Waals surface area contributed by atoms with E-state index in [-0.39, 0.29) is 24.0 Å². The highest BCUT2D eigenvalue weighted by Gasteiger charge is 2.30. The smallest absolute Gasteiger partial charge is 0.407 e. The van der Waals surface area contributed by atoms with Crippen molar-refractivity contribution < 1.29 is 23.9 Å². The quantitative estimate of drug-likeness (QED) is 0.410. The second-order valence-electron chi connectivity index (χ2n) is 10.0. The number of esters is 1.